The summed E-state index contributed by atoms with van der Waals surface area (Å²) in [4.78, 5) is 10.8. The van der Waals surface area contributed by atoms with E-state index in [1.54, 1.807) is 6.07 Å². The number of hydrogen-bond donors (Lipinski definition) is 2. The van der Waals surface area contributed by atoms with Gasteiger partial charge in [0, 0.05) is 10.6 Å². The molecule has 0 saturated carbocycles. The predicted octanol–water partition coefficient (Wildman–Crippen LogP) is 2.09. The number of rotatable bonds is 2. The fourth-order valence-electron chi connectivity index (χ4n) is 1.01. The lowest BCUT2D eigenvalue weighted by Gasteiger charge is -2.03. The van der Waals surface area contributed by atoms with Gasteiger partial charge in [-0.3, -0.25) is 4.79 Å². The topological polar surface area (TPSA) is 87.1 Å². The number of halogens is 2. The summed E-state index contributed by atoms with van der Waals surface area (Å²) >= 11 is 11.4. The first kappa shape index (κ1) is 12.4. The lowest BCUT2D eigenvalue weighted by molar-refractivity contribution is -0.114. The summed E-state index contributed by atoms with van der Waals surface area (Å²) in [5.41, 5.74) is 4.81. The highest BCUT2D eigenvalue weighted by molar-refractivity contribution is 6.35. The average Bonchev–Trinajstić information content (AvgIpc) is 2.20. The SMILES string of the molecule is N#CC(=Cc1cc(Cl)cc(Cl)c1O)C(N)=O. The highest BCUT2D eigenvalue weighted by atomic mass is 35.5. The van der Waals surface area contributed by atoms with Gasteiger partial charge in [0.15, 0.2) is 0 Å². The summed E-state index contributed by atoms with van der Waals surface area (Å²) in [6, 6.07) is 4.31. The highest BCUT2D eigenvalue weighted by Gasteiger charge is 2.09. The number of carbonyl (C=O) groups is 1. The van der Waals surface area contributed by atoms with Crippen molar-refractivity contribution in [2.45, 2.75) is 0 Å². The summed E-state index contributed by atoms with van der Waals surface area (Å²) in [5, 5.41) is 18.5. The van der Waals surface area contributed by atoms with E-state index >= 15 is 0 Å². The van der Waals surface area contributed by atoms with E-state index < -0.39 is 5.91 Å². The van der Waals surface area contributed by atoms with Crippen LogP contribution in [0.4, 0.5) is 0 Å². The first-order valence-corrected chi connectivity index (χ1v) is 4.81. The van der Waals surface area contributed by atoms with Gasteiger partial charge in [-0.05, 0) is 18.2 Å². The van der Waals surface area contributed by atoms with Crippen LogP contribution in [0.2, 0.25) is 10.0 Å². The number of phenolic OH excluding ortho intramolecular Hbond substituents is 1. The van der Waals surface area contributed by atoms with E-state index in [2.05, 4.69) is 0 Å². The van der Waals surface area contributed by atoms with E-state index in [1.807, 2.05) is 0 Å². The number of nitriles is 1. The number of amides is 1. The molecule has 0 radical (unpaired) electrons. The summed E-state index contributed by atoms with van der Waals surface area (Å²) in [6.07, 6.45) is 1.12. The molecule has 4 nitrogen and oxygen atoms in total. The van der Waals surface area contributed by atoms with E-state index in [1.165, 1.54) is 12.1 Å². The van der Waals surface area contributed by atoms with Crippen LogP contribution in [0, 0.1) is 11.3 Å². The number of benzene rings is 1. The molecule has 1 aromatic rings. The van der Waals surface area contributed by atoms with E-state index in [0.29, 0.717) is 0 Å². The van der Waals surface area contributed by atoms with Crippen molar-refractivity contribution in [1.29, 1.82) is 5.26 Å². The third kappa shape index (κ3) is 2.66. The molecule has 0 unspecified atom stereocenters. The zero-order valence-electron chi connectivity index (χ0n) is 7.87. The van der Waals surface area contributed by atoms with Gasteiger partial charge in [-0.25, -0.2) is 0 Å². The first-order chi connectivity index (χ1) is 7.45. The van der Waals surface area contributed by atoms with Gasteiger partial charge in [0.25, 0.3) is 5.91 Å². The second kappa shape index (κ2) is 4.88. The smallest absolute Gasteiger partial charge is 0.259 e. The molecular weight excluding hydrogens is 251 g/mol. The van der Waals surface area contributed by atoms with Gasteiger partial charge in [0.05, 0.1) is 5.02 Å². The number of nitrogens with zero attached hydrogens (tertiary/aromatic N) is 1. The molecule has 0 saturated heterocycles. The molecular formula is C10H6Cl2N2O2. The number of aromatic hydroxyl groups is 1. The summed E-state index contributed by atoms with van der Waals surface area (Å²) in [6.45, 7) is 0. The maximum absolute atomic E-state index is 10.8. The van der Waals surface area contributed by atoms with E-state index in [9.17, 15) is 9.90 Å². The van der Waals surface area contributed by atoms with Crippen molar-refractivity contribution in [3.05, 3.63) is 33.3 Å². The molecule has 1 aromatic carbocycles. The molecule has 0 fully saturated rings. The van der Waals surface area contributed by atoms with Crippen molar-refractivity contribution in [3.63, 3.8) is 0 Å². The van der Waals surface area contributed by atoms with E-state index in [-0.39, 0.29) is 26.9 Å². The van der Waals surface area contributed by atoms with Crippen molar-refractivity contribution < 1.29 is 9.90 Å². The normalized spacial score (nSPS) is 10.9. The van der Waals surface area contributed by atoms with Gasteiger partial charge >= 0.3 is 0 Å². The molecule has 0 aromatic heterocycles. The van der Waals surface area contributed by atoms with Crippen molar-refractivity contribution in [2.75, 3.05) is 0 Å². The molecule has 0 aliphatic carbocycles. The van der Waals surface area contributed by atoms with Crippen LogP contribution in [0.1, 0.15) is 5.56 Å². The van der Waals surface area contributed by atoms with Crippen LogP contribution >= 0.6 is 23.2 Å². The van der Waals surface area contributed by atoms with Crippen LogP contribution in [-0.4, -0.2) is 11.0 Å². The van der Waals surface area contributed by atoms with Crippen molar-refractivity contribution in [2.24, 2.45) is 5.73 Å². The predicted molar refractivity (Wildman–Crippen MR) is 60.9 cm³/mol. The van der Waals surface area contributed by atoms with Crippen molar-refractivity contribution in [3.8, 4) is 11.8 Å². The molecule has 0 aliphatic rings. The Balaban J connectivity index is 3.35. The van der Waals surface area contributed by atoms with Crippen molar-refractivity contribution >= 4 is 35.2 Å². The third-order valence-corrected chi connectivity index (χ3v) is 2.25. The van der Waals surface area contributed by atoms with Crippen molar-refractivity contribution in [1.82, 2.24) is 0 Å². The Kier molecular flexibility index (Phi) is 3.78. The van der Waals surface area contributed by atoms with Crippen LogP contribution in [0.5, 0.6) is 5.75 Å². The van der Waals surface area contributed by atoms with E-state index in [4.69, 9.17) is 34.2 Å². The van der Waals surface area contributed by atoms with Crippen LogP contribution in [0.25, 0.3) is 6.08 Å². The van der Waals surface area contributed by atoms with Crippen LogP contribution in [-0.2, 0) is 4.79 Å². The monoisotopic (exact) mass is 256 g/mol. The number of primary amides is 1. The van der Waals surface area contributed by atoms with Gasteiger partial charge < -0.3 is 10.8 Å². The Morgan fingerprint density at radius 1 is 1.50 bits per heavy atom. The number of nitrogens with two attached hydrogens (primary N) is 1. The number of phenols is 1. The minimum Gasteiger partial charge on any atom is -0.506 e. The van der Waals surface area contributed by atoms with Crippen LogP contribution < -0.4 is 5.73 Å². The molecule has 6 heteroatoms. The highest BCUT2D eigenvalue weighted by Crippen LogP contribution is 2.32. The number of hydrogen-bond acceptors (Lipinski definition) is 3. The average molecular weight is 257 g/mol. The van der Waals surface area contributed by atoms with Crippen LogP contribution in [0.15, 0.2) is 17.7 Å². The Hall–Kier alpha value is -1.70. The lowest BCUT2D eigenvalue weighted by Crippen LogP contribution is -2.12. The molecule has 1 rings (SSSR count). The molecule has 82 valence electrons. The zero-order chi connectivity index (χ0) is 12.3. The Bertz CT molecular complexity index is 518. The Labute approximate surface area is 101 Å². The molecule has 0 bridgehead atoms. The quantitative estimate of drug-likeness (QED) is 0.628. The lowest BCUT2D eigenvalue weighted by atomic mass is 10.1. The maximum atomic E-state index is 10.8. The summed E-state index contributed by atoms with van der Waals surface area (Å²) in [5.74, 6) is -1.15. The minimum atomic E-state index is -0.891. The largest absolute Gasteiger partial charge is 0.506 e. The fourth-order valence-corrected chi connectivity index (χ4v) is 1.52. The zero-order valence-corrected chi connectivity index (χ0v) is 9.38. The third-order valence-electron chi connectivity index (χ3n) is 1.74. The van der Waals surface area contributed by atoms with E-state index in [0.717, 1.165) is 6.08 Å². The van der Waals surface area contributed by atoms with Crippen LogP contribution in [0.3, 0.4) is 0 Å². The molecule has 0 spiro atoms. The van der Waals surface area contributed by atoms with Gasteiger partial charge in [0.1, 0.15) is 17.4 Å². The molecule has 3 N–H and O–H groups in total. The first-order valence-electron chi connectivity index (χ1n) is 4.05. The molecule has 0 atom stereocenters. The molecule has 0 heterocycles. The van der Waals surface area contributed by atoms with Gasteiger partial charge in [-0.2, -0.15) is 5.26 Å². The second-order valence-corrected chi connectivity index (χ2v) is 3.70. The summed E-state index contributed by atoms with van der Waals surface area (Å²) < 4.78 is 0. The fraction of sp³-hybridized carbons (Fsp3) is 0. The minimum absolute atomic E-state index is 0.0283. The molecule has 1 amide bonds. The standard InChI is InChI=1S/C10H6Cl2N2O2/c11-7-2-5(9(15)8(12)3-7)1-6(4-13)10(14)16/h1-3,15H,(H2,14,16). The Morgan fingerprint density at radius 3 is 2.62 bits per heavy atom. The number of carbonyl (C=O) groups excluding carboxylic acids is 1. The maximum Gasteiger partial charge on any atom is 0.259 e. The van der Waals surface area contributed by atoms with Gasteiger partial charge in [-0.15, -0.1) is 0 Å². The molecule has 0 aliphatic heterocycles. The summed E-state index contributed by atoms with van der Waals surface area (Å²) in [7, 11) is 0. The van der Waals surface area contributed by atoms with Gasteiger partial charge in [0.2, 0.25) is 0 Å². The van der Waals surface area contributed by atoms with Gasteiger partial charge in [-0.1, -0.05) is 23.2 Å². The molecule has 16 heavy (non-hydrogen) atoms. The second-order valence-electron chi connectivity index (χ2n) is 2.86. The Morgan fingerprint density at radius 2 is 2.12 bits per heavy atom.